The van der Waals surface area contributed by atoms with Crippen LogP contribution in [0.4, 0.5) is 0 Å². The van der Waals surface area contributed by atoms with Crippen molar-refractivity contribution >= 4 is 5.91 Å². The van der Waals surface area contributed by atoms with Gasteiger partial charge in [0, 0.05) is 25.1 Å². The molecule has 6 heteroatoms. The maximum Gasteiger partial charge on any atom is 0.232 e. The highest BCUT2D eigenvalue weighted by molar-refractivity contribution is 5.79. The number of carbonyl (C=O) groups is 1. The molecule has 6 nitrogen and oxygen atoms in total. The van der Waals surface area contributed by atoms with Crippen LogP contribution in [0.15, 0.2) is 47.0 Å². The zero-order valence-corrected chi connectivity index (χ0v) is 17.0. The van der Waals surface area contributed by atoms with E-state index in [-0.39, 0.29) is 11.8 Å². The Kier molecular flexibility index (Phi) is 5.34. The molecule has 2 aromatic carbocycles. The number of carbonyl (C=O) groups excluding carboxylic acids is 1. The zero-order valence-electron chi connectivity index (χ0n) is 17.0. The SMILES string of the molecule is CCOc1ccc(CN2CC(c3nc(-c4cc(C)ccc4C)no3)CC2=O)cc1. The Hall–Kier alpha value is -3.15. The van der Waals surface area contributed by atoms with E-state index in [1.807, 2.05) is 49.9 Å². The topological polar surface area (TPSA) is 68.5 Å². The van der Waals surface area contributed by atoms with Crippen molar-refractivity contribution in [2.75, 3.05) is 13.2 Å². The molecule has 3 aromatic rings. The number of rotatable bonds is 6. The lowest BCUT2D eigenvalue weighted by Gasteiger charge is -2.16. The van der Waals surface area contributed by atoms with Crippen LogP contribution in [0.5, 0.6) is 5.75 Å². The van der Waals surface area contributed by atoms with E-state index >= 15 is 0 Å². The zero-order chi connectivity index (χ0) is 20.4. The van der Waals surface area contributed by atoms with Gasteiger partial charge in [0.2, 0.25) is 17.6 Å². The Labute approximate surface area is 170 Å². The van der Waals surface area contributed by atoms with Gasteiger partial charge >= 0.3 is 0 Å². The summed E-state index contributed by atoms with van der Waals surface area (Å²) in [6.45, 7) is 7.82. The fourth-order valence-electron chi connectivity index (χ4n) is 3.66. The van der Waals surface area contributed by atoms with E-state index in [2.05, 4.69) is 28.3 Å². The van der Waals surface area contributed by atoms with E-state index in [1.165, 1.54) is 0 Å². The van der Waals surface area contributed by atoms with E-state index in [0.717, 1.165) is 28.0 Å². The van der Waals surface area contributed by atoms with Crippen molar-refractivity contribution in [3.8, 4) is 17.1 Å². The number of amides is 1. The molecule has 1 unspecified atom stereocenters. The molecule has 1 aromatic heterocycles. The van der Waals surface area contributed by atoms with Crippen LogP contribution >= 0.6 is 0 Å². The molecule has 1 saturated heterocycles. The predicted molar refractivity (Wildman–Crippen MR) is 110 cm³/mol. The first-order valence-electron chi connectivity index (χ1n) is 9.94. The maximum absolute atomic E-state index is 12.5. The van der Waals surface area contributed by atoms with Crippen molar-refractivity contribution < 1.29 is 14.1 Å². The third-order valence-corrected chi connectivity index (χ3v) is 5.25. The first-order chi connectivity index (χ1) is 14.0. The molecule has 1 aliphatic heterocycles. The molecule has 0 N–H and O–H groups in total. The van der Waals surface area contributed by atoms with Gasteiger partial charge in [-0.1, -0.05) is 35.0 Å². The van der Waals surface area contributed by atoms with Crippen molar-refractivity contribution in [3.05, 3.63) is 65.0 Å². The van der Waals surface area contributed by atoms with Crippen molar-refractivity contribution in [2.45, 2.75) is 39.7 Å². The van der Waals surface area contributed by atoms with E-state index in [1.54, 1.807) is 0 Å². The molecule has 4 rings (SSSR count). The molecule has 0 saturated carbocycles. The lowest BCUT2D eigenvalue weighted by molar-refractivity contribution is -0.128. The Morgan fingerprint density at radius 3 is 2.72 bits per heavy atom. The Morgan fingerprint density at radius 2 is 1.97 bits per heavy atom. The number of nitrogens with zero attached hydrogens (tertiary/aromatic N) is 3. The monoisotopic (exact) mass is 391 g/mol. The van der Waals surface area contributed by atoms with Gasteiger partial charge < -0.3 is 14.2 Å². The van der Waals surface area contributed by atoms with Crippen LogP contribution in [0.25, 0.3) is 11.4 Å². The molecule has 150 valence electrons. The molecule has 0 aliphatic carbocycles. The van der Waals surface area contributed by atoms with Gasteiger partial charge in [-0.3, -0.25) is 4.79 Å². The highest BCUT2D eigenvalue weighted by atomic mass is 16.5. The number of ether oxygens (including phenoxy) is 1. The summed E-state index contributed by atoms with van der Waals surface area (Å²) in [7, 11) is 0. The quantitative estimate of drug-likeness (QED) is 0.628. The molecule has 0 radical (unpaired) electrons. The van der Waals surface area contributed by atoms with Gasteiger partial charge in [0.25, 0.3) is 0 Å². The van der Waals surface area contributed by atoms with E-state index in [0.29, 0.717) is 37.8 Å². The van der Waals surface area contributed by atoms with Crippen LogP contribution in [0.1, 0.15) is 41.8 Å². The summed E-state index contributed by atoms with van der Waals surface area (Å²) >= 11 is 0. The lowest BCUT2D eigenvalue weighted by Crippen LogP contribution is -2.24. The molecule has 0 bridgehead atoms. The Balaban J connectivity index is 1.45. The average Bonchev–Trinajstić information content (AvgIpc) is 3.33. The second kappa shape index (κ2) is 8.07. The summed E-state index contributed by atoms with van der Waals surface area (Å²) in [6, 6.07) is 14.0. The van der Waals surface area contributed by atoms with Gasteiger partial charge in [-0.2, -0.15) is 4.98 Å². The summed E-state index contributed by atoms with van der Waals surface area (Å²) < 4.78 is 11.0. The van der Waals surface area contributed by atoms with Crippen LogP contribution in [0, 0.1) is 13.8 Å². The van der Waals surface area contributed by atoms with E-state index in [4.69, 9.17) is 9.26 Å². The number of aromatic nitrogens is 2. The van der Waals surface area contributed by atoms with Crippen LogP contribution in [0.3, 0.4) is 0 Å². The molecule has 29 heavy (non-hydrogen) atoms. The Bertz CT molecular complexity index is 1010. The second-order valence-corrected chi connectivity index (χ2v) is 7.53. The minimum Gasteiger partial charge on any atom is -0.494 e. The minimum atomic E-state index is -0.0726. The van der Waals surface area contributed by atoms with E-state index in [9.17, 15) is 4.79 Å². The largest absolute Gasteiger partial charge is 0.494 e. The summed E-state index contributed by atoms with van der Waals surface area (Å²) in [6.07, 6.45) is 0.394. The highest BCUT2D eigenvalue weighted by Gasteiger charge is 2.34. The molecular weight excluding hydrogens is 366 g/mol. The second-order valence-electron chi connectivity index (χ2n) is 7.53. The number of hydrogen-bond acceptors (Lipinski definition) is 5. The molecule has 1 fully saturated rings. The number of benzene rings is 2. The first-order valence-corrected chi connectivity index (χ1v) is 9.94. The fourth-order valence-corrected chi connectivity index (χ4v) is 3.66. The lowest BCUT2D eigenvalue weighted by atomic mass is 10.1. The fraction of sp³-hybridized carbons (Fsp3) is 0.348. The van der Waals surface area contributed by atoms with Crippen molar-refractivity contribution in [1.29, 1.82) is 0 Å². The number of likely N-dealkylation sites (tertiary alicyclic amines) is 1. The third kappa shape index (κ3) is 4.16. The third-order valence-electron chi connectivity index (χ3n) is 5.25. The van der Waals surface area contributed by atoms with Gasteiger partial charge in [-0.15, -0.1) is 0 Å². The standard InChI is InChI=1S/C23H25N3O3/c1-4-28-19-9-7-17(8-10-19)13-26-14-18(12-21(26)27)23-24-22(25-29-23)20-11-15(2)5-6-16(20)3/h5-11,18H,4,12-14H2,1-3H3. The summed E-state index contributed by atoms with van der Waals surface area (Å²) in [5.74, 6) is 1.99. The summed E-state index contributed by atoms with van der Waals surface area (Å²) in [5, 5.41) is 4.16. The van der Waals surface area contributed by atoms with Crippen LogP contribution in [0.2, 0.25) is 0 Å². The van der Waals surface area contributed by atoms with Crippen molar-refractivity contribution in [2.24, 2.45) is 0 Å². The van der Waals surface area contributed by atoms with Gasteiger partial charge in [0.05, 0.1) is 12.5 Å². The summed E-state index contributed by atoms with van der Waals surface area (Å²) in [4.78, 5) is 19.0. The van der Waals surface area contributed by atoms with Crippen LogP contribution < -0.4 is 4.74 Å². The molecule has 2 heterocycles. The van der Waals surface area contributed by atoms with Gasteiger partial charge in [-0.25, -0.2) is 0 Å². The van der Waals surface area contributed by atoms with Crippen LogP contribution in [-0.2, 0) is 11.3 Å². The maximum atomic E-state index is 12.5. The van der Waals surface area contributed by atoms with Gasteiger partial charge in [-0.05, 0) is 50.1 Å². The van der Waals surface area contributed by atoms with Gasteiger partial charge in [0.15, 0.2) is 0 Å². The number of aryl methyl sites for hydroxylation is 2. The molecule has 1 aliphatic rings. The van der Waals surface area contributed by atoms with Crippen molar-refractivity contribution in [1.82, 2.24) is 15.0 Å². The summed E-state index contributed by atoms with van der Waals surface area (Å²) in [5.41, 5.74) is 4.29. The average molecular weight is 391 g/mol. The molecule has 0 spiro atoms. The normalized spacial score (nSPS) is 16.4. The Morgan fingerprint density at radius 1 is 1.17 bits per heavy atom. The minimum absolute atomic E-state index is 0.0726. The van der Waals surface area contributed by atoms with E-state index < -0.39 is 0 Å². The predicted octanol–water partition coefficient (Wildman–Crippen LogP) is 4.27. The molecule has 1 amide bonds. The first kappa shape index (κ1) is 19.2. The highest BCUT2D eigenvalue weighted by Crippen LogP contribution is 2.30. The smallest absolute Gasteiger partial charge is 0.232 e. The number of hydrogen-bond donors (Lipinski definition) is 0. The molecular formula is C23H25N3O3. The van der Waals surface area contributed by atoms with Gasteiger partial charge in [0.1, 0.15) is 5.75 Å². The van der Waals surface area contributed by atoms with Crippen molar-refractivity contribution in [3.63, 3.8) is 0 Å². The van der Waals surface area contributed by atoms with Crippen LogP contribution in [-0.4, -0.2) is 34.1 Å². The molecule has 1 atom stereocenters.